The summed E-state index contributed by atoms with van der Waals surface area (Å²) in [5.74, 6) is -0.900. The lowest BCUT2D eigenvalue weighted by atomic mass is 9.94. The molecule has 1 aliphatic heterocycles. The minimum absolute atomic E-state index is 0.0386. The molecule has 0 N–H and O–H groups in total. The number of esters is 2. The highest BCUT2D eigenvalue weighted by Gasteiger charge is 2.27. The molecular weight excluding hydrogens is 568 g/mol. The van der Waals surface area contributed by atoms with Crippen LogP contribution in [0.25, 0.3) is 0 Å². The predicted molar refractivity (Wildman–Crippen MR) is 161 cm³/mol. The highest BCUT2D eigenvalue weighted by Crippen LogP contribution is 2.24. The fourth-order valence-electron chi connectivity index (χ4n) is 5.39. The van der Waals surface area contributed by atoms with Crippen molar-refractivity contribution in [2.24, 2.45) is 0 Å². The molecule has 2 aromatic heterocycles. The Bertz CT molecular complexity index is 1080. The third kappa shape index (κ3) is 11.2. The van der Waals surface area contributed by atoms with Crippen molar-refractivity contribution >= 4 is 11.9 Å². The second-order valence-corrected chi connectivity index (χ2v) is 10.9. The van der Waals surface area contributed by atoms with Crippen molar-refractivity contribution in [3.8, 4) is 0 Å². The predicted octanol–water partition coefficient (Wildman–Crippen LogP) is 2.75. The van der Waals surface area contributed by atoms with E-state index in [0.29, 0.717) is 90.3 Å². The Labute approximate surface area is 259 Å². The molecule has 1 aliphatic carbocycles. The lowest BCUT2D eigenvalue weighted by Gasteiger charge is -2.33. The third-order valence-corrected chi connectivity index (χ3v) is 7.77. The molecule has 2 fully saturated rings. The van der Waals surface area contributed by atoms with Crippen LogP contribution in [-0.2, 0) is 41.5 Å². The Morgan fingerprint density at radius 1 is 0.682 bits per heavy atom. The van der Waals surface area contributed by atoms with Gasteiger partial charge in [0, 0.05) is 39.3 Å². The average molecular weight is 615 g/mol. The van der Waals surface area contributed by atoms with Crippen LogP contribution in [0.3, 0.4) is 0 Å². The van der Waals surface area contributed by atoms with Crippen LogP contribution in [0.5, 0.6) is 0 Å². The Morgan fingerprint density at radius 3 is 1.55 bits per heavy atom. The Hall–Kier alpha value is -3.00. The first-order chi connectivity index (χ1) is 21.6. The van der Waals surface area contributed by atoms with Crippen molar-refractivity contribution < 1.29 is 38.0 Å². The van der Waals surface area contributed by atoms with Gasteiger partial charge in [-0.3, -0.25) is 9.80 Å². The van der Waals surface area contributed by atoms with Gasteiger partial charge in [-0.05, 0) is 37.1 Å². The molecule has 0 bridgehead atoms. The van der Waals surface area contributed by atoms with Crippen molar-refractivity contribution in [2.75, 3.05) is 80.0 Å². The van der Waals surface area contributed by atoms with Crippen molar-refractivity contribution in [3.05, 3.63) is 59.2 Å². The topological polar surface area (TPSA) is 122 Å². The lowest BCUT2D eigenvalue weighted by molar-refractivity contribution is -0.0993. The zero-order chi connectivity index (χ0) is 31.0. The summed E-state index contributed by atoms with van der Waals surface area (Å²) >= 11 is 0. The van der Waals surface area contributed by atoms with E-state index in [9.17, 15) is 9.59 Å². The Morgan fingerprint density at radius 2 is 1.11 bits per heavy atom. The van der Waals surface area contributed by atoms with Crippen molar-refractivity contribution in [3.63, 3.8) is 0 Å². The molecule has 0 aromatic carbocycles. The number of carbonyl (C=O) groups excluding carboxylic acids is 2. The molecule has 1 saturated carbocycles. The minimum Gasteiger partial charge on any atom is -0.464 e. The van der Waals surface area contributed by atoms with Crippen LogP contribution in [0.4, 0.5) is 0 Å². The summed E-state index contributed by atoms with van der Waals surface area (Å²) in [6.45, 7) is 7.01. The van der Waals surface area contributed by atoms with Crippen LogP contribution in [0.2, 0.25) is 0 Å². The van der Waals surface area contributed by atoms with Gasteiger partial charge < -0.3 is 28.4 Å². The monoisotopic (exact) mass is 614 g/mol. The number of carbonyl (C=O) groups is 2. The van der Waals surface area contributed by atoms with E-state index >= 15 is 0 Å². The van der Waals surface area contributed by atoms with Crippen LogP contribution in [0, 0.1) is 0 Å². The summed E-state index contributed by atoms with van der Waals surface area (Å²) in [5, 5.41) is 0. The molecule has 0 spiro atoms. The standard InChI is InChI=1S/C32H46N4O8/c1-39-31(37)27-9-5-7-25(33-27)23-35-13-17-41-21-22-42-18-14-36(24-26-8-6-10-28(34-26)32(38)40-2)16-20-44-30-12-4-3-11-29(30)43-19-15-35/h5-10,29-30H,3-4,11-24H2,1-2H3/t29-,30+. The largest absolute Gasteiger partial charge is 0.464 e. The van der Waals surface area contributed by atoms with Gasteiger partial charge in [-0.15, -0.1) is 0 Å². The second-order valence-electron chi connectivity index (χ2n) is 10.9. The zero-order valence-corrected chi connectivity index (χ0v) is 26.0. The van der Waals surface area contributed by atoms with E-state index in [2.05, 4.69) is 19.8 Å². The lowest BCUT2D eigenvalue weighted by Crippen LogP contribution is -2.39. The van der Waals surface area contributed by atoms with E-state index in [1.807, 2.05) is 24.3 Å². The highest BCUT2D eigenvalue weighted by atomic mass is 16.5. The van der Waals surface area contributed by atoms with Crippen LogP contribution in [0.15, 0.2) is 36.4 Å². The van der Waals surface area contributed by atoms with Gasteiger partial charge in [-0.2, -0.15) is 0 Å². The van der Waals surface area contributed by atoms with E-state index in [1.54, 1.807) is 12.1 Å². The number of methoxy groups -OCH3 is 2. The van der Waals surface area contributed by atoms with E-state index in [1.165, 1.54) is 14.2 Å². The third-order valence-electron chi connectivity index (χ3n) is 7.77. The molecule has 2 aliphatic rings. The molecule has 12 nitrogen and oxygen atoms in total. The van der Waals surface area contributed by atoms with Gasteiger partial charge in [0.2, 0.25) is 0 Å². The first-order valence-electron chi connectivity index (χ1n) is 15.5. The van der Waals surface area contributed by atoms with Gasteiger partial charge in [0.25, 0.3) is 0 Å². The van der Waals surface area contributed by atoms with Crippen LogP contribution < -0.4 is 0 Å². The molecule has 12 heteroatoms. The summed E-state index contributed by atoms with van der Waals surface area (Å²) in [4.78, 5) is 37.4. The van der Waals surface area contributed by atoms with E-state index < -0.39 is 11.9 Å². The number of pyridine rings is 2. The normalized spacial score (nSPS) is 22.2. The highest BCUT2D eigenvalue weighted by molar-refractivity contribution is 5.87. The van der Waals surface area contributed by atoms with E-state index in [4.69, 9.17) is 28.4 Å². The van der Waals surface area contributed by atoms with Gasteiger partial charge in [0.1, 0.15) is 11.4 Å². The number of hydrogen-bond donors (Lipinski definition) is 0. The van der Waals surface area contributed by atoms with Gasteiger partial charge in [0.15, 0.2) is 0 Å². The average Bonchev–Trinajstić information content (AvgIpc) is 3.05. The molecule has 242 valence electrons. The zero-order valence-electron chi connectivity index (χ0n) is 26.0. The van der Waals surface area contributed by atoms with E-state index in [-0.39, 0.29) is 12.2 Å². The number of fused-ring (bicyclic) bond motifs is 1. The number of hydrogen-bond acceptors (Lipinski definition) is 12. The van der Waals surface area contributed by atoms with Gasteiger partial charge in [-0.25, -0.2) is 19.6 Å². The quantitative estimate of drug-likeness (QED) is 0.445. The molecule has 2 atom stereocenters. The number of rotatable bonds is 6. The van der Waals surface area contributed by atoms with Crippen molar-refractivity contribution in [1.29, 1.82) is 0 Å². The minimum atomic E-state index is -0.450. The van der Waals surface area contributed by atoms with Gasteiger partial charge in [0.05, 0.1) is 77.5 Å². The van der Waals surface area contributed by atoms with Crippen molar-refractivity contribution in [2.45, 2.75) is 51.0 Å². The molecule has 0 radical (unpaired) electrons. The van der Waals surface area contributed by atoms with Gasteiger partial charge >= 0.3 is 11.9 Å². The maximum Gasteiger partial charge on any atom is 0.356 e. The van der Waals surface area contributed by atoms with E-state index in [0.717, 1.165) is 37.1 Å². The fourth-order valence-corrected chi connectivity index (χ4v) is 5.39. The number of nitrogens with zero attached hydrogens (tertiary/aromatic N) is 4. The van der Waals surface area contributed by atoms with Crippen LogP contribution in [-0.4, -0.2) is 124 Å². The van der Waals surface area contributed by atoms with Crippen LogP contribution >= 0.6 is 0 Å². The smallest absolute Gasteiger partial charge is 0.356 e. The number of aromatic nitrogens is 2. The number of ether oxygens (including phenoxy) is 6. The van der Waals surface area contributed by atoms with Crippen molar-refractivity contribution in [1.82, 2.24) is 19.8 Å². The van der Waals surface area contributed by atoms with Crippen LogP contribution in [0.1, 0.15) is 58.0 Å². The SMILES string of the molecule is COC(=O)c1cccc(CN2CCOCCOCCN(Cc3cccc(C(=O)OC)n3)CCO[C@@H]3CCCC[C@@H]3OCC2)n1. The molecular formula is C32H46N4O8. The molecule has 0 unspecified atom stereocenters. The molecule has 4 rings (SSSR count). The second kappa shape index (κ2) is 18.7. The first kappa shape index (κ1) is 33.9. The Kier molecular flexibility index (Phi) is 14.4. The first-order valence-corrected chi connectivity index (χ1v) is 15.5. The summed E-state index contributed by atoms with van der Waals surface area (Å²) in [6.07, 6.45) is 4.26. The summed E-state index contributed by atoms with van der Waals surface area (Å²) < 4.78 is 34.3. The maximum atomic E-state index is 12.0. The summed E-state index contributed by atoms with van der Waals surface area (Å²) in [6, 6.07) is 10.8. The fraction of sp³-hybridized carbons (Fsp3) is 0.625. The summed E-state index contributed by atoms with van der Waals surface area (Å²) in [5.41, 5.74) is 2.16. The maximum absolute atomic E-state index is 12.0. The Balaban J connectivity index is 1.36. The molecule has 0 amide bonds. The summed E-state index contributed by atoms with van der Waals surface area (Å²) in [7, 11) is 2.71. The molecule has 2 aromatic rings. The van der Waals surface area contributed by atoms with Gasteiger partial charge in [-0.1, -0.05) is 25.0 Å². The molecule has 1 saturated heterocycles. The molecule has 44 heavy (non-hydrogen) atoms. The molecule has 3 heterocycles.